The average Bonchev–Trinajstić information content (AvgIpc) is 3.51. The fraction of sp³-hybridized carbons (Fsp3) is 0.259. The summed E-state index contributed by atoms with van der Waals surface area (Å²) < 4.78 is 85.0. The number of benzene rings is 2. The van der Waals surface area contributed by atoms with Gasteiger partial charge in [-0.2, -0.15) is 17.5 Å². The molecule has 1 fully saturated rings. The maximum Gasteiger partial charge on any atom is 0.417 e. The summed E-state index contributed by atoms with van der Waals surface area (Å²) in [5.41, 5.74) is 0.867. The van der Waals surface area contributed by atoms with Gasteiger partial charge in [-0.3, -0.25) is 9.78 Å². The largest absolute Gasteiger partial charge is 0.443 e. The molecule has 2 aromatic carbocycles. The number of ketones is 1. The minimum Gasteiger partial charge on any atom is -0.443 e. The van der Waals surface area contributed by atoms with Crippen LogP contribution in [0.3, 0.4) is 0 Å². The quantitative estimate of drug-likeness (QED) is 0.319. The van der Waals surface area contributed by atoms with Crippen LogP contribution in [0.1, 0.15) is 24.0 Å². The van der Waals surface area contributed by atoms with Gasteiger partial charge in [0.2, 0.25) is 5.09 Å². The van der Waals surface area contributed by atoms with Crippen LogP contribution in [0.25, 0.3) is 22.2 Å². The number of alkyl halides is 3. The van der Waals surface area contributed by atoms with Gasteiger partial charge in [0.1, 0.15) is 17.4 Å². The van der Waals surface area contributed by atoms with Gasteiger partial charge in [-0.1, -0.05) is 18.2 Å². The van der Waals surface area contributed by atoms with Crippen LogP contribution in [0.2, 0.25) is 0 Å². The summed E-state index contributed by atoms with van der Waals surface area (Å²) >= 11 is 0. The van der Waals surface area contributed by atoms with E-state index in [1.807, 2.05) is 0 Å². The molecule has 204 valence electrons. The normalized spacial score (nSPS) is 18.6. The third-order valence-electron chi connectivity index (χ3n) is 6.64. The molecule has 0 amide bonds. The summed E-state index contributed by atoms with van der Waals surface area (Å²) in [6.45, 7) is -0.0968. The van der Waals surface area contributed by atoms with Crippen molar-refractivity contribution >= 4 is 26.8 Å². The minimum atomic E-state index is -4.50. The van der Waals surface area contributed by atoms with E-state index in [1.54, 1.807) is 24.3 Å². The summed E-state index contributed by atoms with van der Waals surface area (Å²) in [5, 5.41) is 10.3. The molecule has 0 radical (unpaired) electrons. The number of sulfonamides is 1. The van der Waals surface area contributed by atoms with Gasteiger partial charge in [0, 0.05) is 36.2 Å². The second-order valence-corrected chi connectivity index (χ2v) is 11.1. The molecule has 2 atom stereocenters. The van der Waals surface area contributed by atoms with E-state index < -0.39 is 50.6 Å². The fourth-order valence-electron chi connectivity index (χ4n) is 4.66. The number of halogens is 4. The third-order valence-corrected chi connectivity index (χ3v) is 8.38. The van der Waals surface area contributed by atoms with E-state index >= 15 is 0 Å². The SMILES string of the molecule is O=C(CCc1cccc(-c2ccc(C(F)(F)F)cn2)c1)C1[C@@H](O)CCN1S(=O)(=O)c1cc2cc(F)ccc2o1. The van der Waals surface area contributed by atoms with Crippen LogP contribution in [-0.2, 0) is 27.4 Å². The van der Waals surface area contributed by atoms with Crippen molar-refractivity contribution in [2.75, 3.05) is 6.54 Å². The average molecular weight is 563 g/mol. The highest BCUT2D eigenvalue weighted by Crippen LogP contribution is 2.32. The van der Waals surface area contributed by atoms with Crippen molar-refractivity contribution in [3.63, 3.8) is 0 Å². The molecular weight excluding hydrogens is 540 g/mol. The van der Waals surface area contributed by atoms with E-state index in [4.69, 9.17) is 4.42 Å². The third kappa shape index (κ3) is 5.45. The summed E-state index contributed by atoms with van der Waals surface area (Å²) in [4.78, 5) is 17.0. The smallest absolute Gasteiger partial charge is 0.417 e. The predicted octanol–water partition coefficient (Wildman–Crippen LogP) is 4.98. The van der Waals surface area contributed by atoms with Crippen LogP contribution >= 0.6 is 0 Å². The van der Waals surface area contributed by atoms with Gasteiger partial charge in [0.15, 0.2) is 5.78 Å². The zero-order valence-corrected chi connectivity index (χ0v) is 21.0. The Morgan fingerprint density at radius 3 is 2.62 bits per heavy atom. The van der Waals surface area contributed by atoms with Crippen LogP contribution in [-0.4, -0.2) is 47.3 Å². The number of Topliss-reactive ketones (excluding diaryl/α,β-unsaturated/α-hetero) is 1. The maximum absolute atomic E-state index is 13.5. The molecular formula is C27H22F4N2O5S. The van der Waals surface area contributed by atoms with Crippen LogP contribution in [0.4, 0.5) is 17.6 Å². The van der Waals surface area contributed by atoms with Crippen LogP contribution in [0.15, 0.2) is 76.4 Å². The molecule has 4 aromatic rings. The number of aryl methyl sites for hydroxylation is 1. The van der Waals surface area contributed by atoms with Crippen molar-refractivity contribution < 1.29 is 40.3 Å². The minimum absolute atomic E-state index is 0.0551. The molecule has 0 saturated carbocycles. The molecule has 0 aliphatic carbocycles. The van der Waals surface area contributed by atoms with Crippen molar-refractivity contribution in [3.05, 3.63) is 83.8 Å². The molecule has 1 unspecified atom stereocenters. The number of pyridine rings is 1. The highest BCUT2D eigenvalue weighted by Gasteiger charge is 2.45. The highest BCUT2D eigenvalue weighted by atomic mass is 32.2. The Morgan fingerprint density at radius 2 is 1.90 bits per heavy atom. The van der Waals surface area contributed by atoms with Crippen molar-refractivity contribution in [3.8, 4) is 11.3 Å². The van der Waals surface area contributed by atoms with Crippen molar-refractivity contribution in [1.82, 2.24) is 9.29 Å². The first-order chi connectivity index (χ1) is 18.4. The van der Waals surface area contributed by atoms with Gasteiger partial charge in [-0.15, -0.1) is 0 Å². The van der Waals surface area contributed by atoms with Gasteiger partial charge in [0.25, 0.3) is 10.0 Å². The molecule has 1 aliphatic rings. The molecule has 1 N–H and O–H groups in total. The molecule has 0 spiro atoms. The number of nitrogens with zero attached hydrogens (tertiary/aromatic N) is 2. The standard InChI is InChI=1S/C27H22F4N2O5S/c28-20-6-9-24-18(13-20)14-25(38-24)39(36,37)33-11-10-23(35)26(33)22(34)8-4-16-2-1-3-17(12-16)21-7-5-19(15-32-21)27(29,30)31/h1-3,5-7,9,12-15,23,26,35H,4,8,10-11H2/t23-,26?/m0/s1. The molecule has 12 heteroatoms. The number of aliphatic hydroxyl groups excluding tert-OH is 1. The molecule has 1 saturated heterocycles. The van der Waals surface area contributed by atoms with Crippen molar-refractivity contribution in [2.24, 2.45) is 0 Å². The van der Waals surface area contributed by atoms with E-state index in [-0.39, 0.29) is 36.8 Å². The molecule has 1 aliphatic heterocycles. The number of carbonyl (C=O) groups excluding carboxylic acids is 1. The summed E-state index contributed by atoms with van der Waals surface area (Å²) in [7, 11) is -4.31. The number of aromatic nitrogens is 1. The van der Waals surface area contributed by atoms with Crippen molar-refractivity contribution in [2.45, 2.75) is 42.7 Å². The Morgan fingerprint density at radius 1 is 1.10 bits per heavy atom. The monoisotopic (exact) mass is 562 g/mol. The van der Waals surface area contributed by atoms with E-state index in [9.17, 15) is 35.9 Å². The fourth-order valence-corrected chi connectivity index (χ4v) is 6.26. The number of aliphatic hydroxyl groups is 1. The molecule has 7 nitrogen and oxygen atoms in total. The van der Waals surface area contributed by atoms with Crippen LogP contribution in [0, 0.1) is 5.82 Å². The molecule has 5 rings (SSSR count). The Kier molecular flexibility index (Phi) is 7.04. The van der Waals surface area contributed by atoms with E-state index in [0.717, 1.165) is 28.7 Å². The Labute approximate surface area is 220 Å². The lowest BCUT2D eigenvalue weighted by Crippen LogP contribution is -2.45. The van der Waals surface area contributed by atoms with E-state index in [0.29, 0.717) is 16.8 Å². The lowest BCUT2D eigenvalue weighted by Gasteiger charge is -2.23. The Bertz CT molecular complexity index is 1630. The molecule has 3 heterocycles. The van der Waals surface area contributed by atoms with Gasteiger partial charge >= 0.3 is 6.18 Å². The predicted molar refractivity (Wildman–Crippen MR) is 132 cm³/mol. The van der Waals surface area contributed by atoms with Gasteiger partial charge in [-0.25, -0.2) is 12.8 Å². The number of furan rings is 1. The van der Waals surface area contributed by atoms with Crippen LogP contribution < -0.4 is 0 Å². The number of rotatable bonds is 7. The number of carbonyl (C=O) groups is 1. The second kappa shape index (κ2) is 10.2. The number of hydrogen-bond donors (Lipinski definition) is 1. The van der Waals surface area contributed by atoms with Gasteiger partial charge in [-0.05, 0) is 54.8 Å². The van der Waals surface area contributed by atoms with Crippen LogP contribution in [0.5, 0.6) is 0 Å². The highest BCUT2D eigenvalue weighted by molar-refractivity contribution is 7.89. The second-order valence-electron chi connectivity index (χ2n) is 9.26. The molecule has 39 heavy (non-hydrogen) atoms. The zero-order chi connectivity index (χ0) is 27.9. The van der Waals surface area contributed by atoms with Gasteiger partial charge < -0.3 is 9.52 Å². The molecule has 2 aromatic heterocycles. The van der Waals surface area contributed by atoms with E-state index in [1.165, 1.54) is 18.2 Å². The number of hydrogen-bond acceptors (Lipinski definition) is 6. The summed E-state index contributed by atoms with van der Waals surface area (Å²) in [6, 6.07) is 12.4. The topological polar surface area (TPSA) is 101 Å². The summed E-state index contributed by atoms with van der Waals surface area (Å²) in [6.07, 6.45) is -4.79. The molecule has 0 bridgehead atoms. The Hall–Kier alpha value is -3.61. The van der Waals surface area contributed by atoms with E-state index in [2.05, 4.69) is 4.98 Å². The van der Waals surface area contributed by atoms with Gasteiger partial charge in [0.05, 0.1) is 17.4 Å². The maximum atomic E-state index is 13.5. The Balaban J connectivity index is 1.31. The number of fused-ring (bicyclic) bond motifs is 1. The first-order valence-electron chi connectivity index (χ1n) is 12.0. The lowest BCUT2D eigenvalue weighted by atomic mass is 9.99. The van der Waals surface area contributed by atoms with Crippen molar-refractivity contribution in [1.29, 1.82) is 0 Å². The lowest BCUT2D eigenvalue weighted by molar-refractivity contribution is -0.137. The first kappa shape index (κ1) is 27.0. The summed E-state index contributed by atoms with van der Waals surface area (Å²) in [5.74, 6) is -1.06. The zero-order valence-electron chi connectivity index (χ0n) is 20.2. The first-order valence-corrected chi connectivity index (χ1v) is 13.4.